The van der Waals surface area contributed by atoms with Crippen molar-refractivity contribution >= 4 is 17.4 Å². The van der Waals surface area contributed by atoms with E-state index in [9.17, 15) is 9.59 Å². The van der Waals surface area contributed by atoms with Gasteiger partial charge in [-0.3, -0.25) is 9.59 Å². The molecule has 1 N–H and O–H groups in total. The van der Waals surface area contributed by atoms with Gasteiger partial charge in [-0.25, -0.2) is 0 Å². The lowest BCUT2D eigenvalue weighted by atomic mass is 10.0. The standard InChI is InChI=1S/C27H22N2O2/c1-20(29-18-16-23(17-19-29)26(30)22-12-6-3-7-13-22)27(31)28-25-15-9-8-14-24(25)21-10-4-2-5-11-21/h2-20H,1H3/p+1/t20-/m1/s1. The number of nitrogens with one attached hydrogen (secondary N) is 1. The molecule has 0 spiro atoms. The minimum absolute atomic E-state index is 0.0401. The molecular formula is C27H23N2O2+. The first-order valence-electron chi connectivity index (χ1n) is 10.2. The van der Waals surface area contributed by atoms with Gasteiger partial charge in [0.25, 0.3) is 5.91 Å². The lowest BCUT2D eigenvalue weighted by Gasteiger charge is -2.13. The first-order chi connectivity index (χ1) is 15.1. The van der Waals surface area contributed by atoms with Gasteiger partial charge in [0, 0.05) is 41.4 Å². The third-order valence-corrected chi connectivity index (χ3v) is 5.25. The predicted molar refractivity (Wildman–Crippen MR) is 122 cm³/mol. The molecule has 0 saturated heterocycles. The zero-order valence-electron chi connectivity index (χ0n) is 17.2. The minimum Gasteiger partial charge on any atom is -0.320 e. The number of hydrogen-bond acceptors (Lipinski definition) is 2. The topological polar surface area (TPSA) is 50.1 Å². The second-order valence-corrected chi connectivity index (χ2v) is 7.31. The van der Waals surface area contributed by atoms with E-state index in [4.69, 9.17) is 0 Å². The van der Waals surface area contributed by atoms with E-state index in [2.05, 4.69) is 5.32 Å². The van der Waals surface area contributed by atoms with Crippen LogP contribution in [-0.4, -0.2) is 11.7 Å². The number of hydrogen-bond donors (Lipinski definition) is 1. The van der Waals surface area contributed by atoms with Crippen molar-refractivity contribution in [2.75, 3.05) is 5.32 Å². The van der Waals surface area contributed by atoms with Crippen LogP contribution in [0.1, 0.15) is 28.9 Å². The second-order valence-electron chi connectivity index (χ2n) is 7.31. The molecule has 0 radical (unpaired) electrons. The molecule has 31 heavy (non-hydrogen) atoms. The maximum atomic E-state index is 12.9. The first kappa shape index (κ1) is 20.2. The third kappa shape index (κ3) is 4.59. The Hall–Kier alpha value is -4.05. The summed E-state index contributed by atoms with van der Waals surface area (Å²) in [4.78, 5) is 25.5. The molecule has 1 atom stereocenters. The van der Waals surface area contributed by atoms with E-state index in [0.29, 0.717) is 11.1 Å². The summed E-state index contributed by atoms with van der Waals surface area (Å²) in [5.41, 5.74) is 4.01. The van der Waals surface area contributed by atoms with Crippen molar-refractivity contribution in [1.82, 2.24) is 0 Å². The number of pyridine rings is 1. The molecular weight excluding hydrogens is 384 g/mol. The number of carbonyl (C=O) groups is 2. The van der Waals surface area contributed by atoms with Crippen LogP contribution in [0, 0.1) is 0 Å². The molecule has 4 nitrogen and oxygen atoms in total. The van der Waals surface area contributed by atoms with Gasteiger partial charge in [-0.05, 0) is 11.6 Å². The molecule has 4 aromatic rings. The Morgan fingerprint density at radius 2 is 1.26 bits per heavy atom. The molecule has 1 amide bonds. The average molecular weight is 407 g/mol. The molecule has 0 fully saturated rings. The Morgan fingerprint density at radius 1 is 0.710 bits per heavy atom. The molecule has 0 aliphatic rings. The fraction of sp³-hybridized carbons (Fsp3) is 0.0741. The molecule has 152 valence electrons. The van der Waals surface area contributed by atoms with Gasteiger partial charge < -0.3 is 5.32 Å². The van der Waals surface area contributed by atoms with Crippen molar-refractivity contribution in [3.8, 4) is 11.1 Å². The van der Waals surface area contributed by atoms with Crippen LogP contribution in [0.15, 0.2) is 109 Å². The van der Waals surface area contributed by atoms with Crippen LogP contribution < -0.4 is 9.88 Å². The van der Waals surface area contributed by atoms with Crippen molar-refractivity contribution in [2.45, 2.75) is 13.0 Å². The summed E-state index contributed by atoms with van der Waals surface area (Å²) in [6.07, 6.45) is 3.53. The number of ketones is 1. The number of amides is 1. The minimum atomic E-state index is -0.440. The monoisotopic (exact) mass is 407 g/mol. The van der Waals surface area contributed by atoms with Crippen LogP contribution in [0.25, 0.3) is 11.1 Å². The van der Waals surface area contributed by atoms with Crippen molar-refractivity contribution < 1.29 is 14.2 Å². The summed E-state index contributed by atoms with van der Waals surface area (Å²) >= 11 is 0. The van der Waals surface area contributed by atoms with Crippen molar-refractivity contribution in [3.63, 3.8) is 0 Å². The summed E-state index contributed by atoms with van der Waals surface area (Å²) < 4.78 is 1.79. The summed E-state index contributed by atoms with van der Waals surface area (Å²) in [7, 11) is 0. The van der Waals surface area contributed by atoms with Gasteiger partial charge in [0.2, 0.25) is 6.04 Å². The Labute approximate surface area is 181 Å². The highest BCUT2D eigenvalue weighted by molar-refractivity contribution is 6.08. The summed E-state index contributed by atoms with van der Waals surface area (Å²) in [5.74, 6) is -0.169. The number of rotatable bonds is 6. The highest BCUT2D eigenvalue weighted by Crippen LogP contribution is 2.27. The lowest BCUT2D eigenvalue weighted by Crippen LogP contribution is -2.44. The largest absolute Gasteiger partial charge is 0.320 e. The molecule has 1 heterocycles. The van der Waals surface area contributed by atoms with Gasteiger partial charge in [-0.1, -0.05) is 78.9 Å². The van der Waals surface area contributed by atoms with Gasteiger partial charge in [-0.15, -0.1) is 0 Å². The van der Waals surface area contributed by atoms with Crippen molar-refractivity contribution in [1.29, 1.82) is 0 Å². The molecule has 1 aromatic heterocycles. The summed E-state index contributed by atoms with van der Waals surface area (Å²) in [6, 6.07) is 29.9. The summed E-state index contributed by atoms with van der Waals surface area (Å²) in [6.45, 7) is 1.83. The van der Waals surface area contributed by atoms with Crippen molar-refractivity contribution in [2.24, 2.45) is 0 Å². The maximum absolute atomic E-state index is 12.9. The highest BCUT2D eigenvalue weighted by Gasteiger charge is 2.23. The summed E-state index contributed by atoms with van der Waals surface area (Å²) in [5, 5.41) is 3.04. The van der Waals surface area contributed by atoms with Gasteiger partial charge in [0.15, 0.2) is 18.2 Å². The zero-order chi connectivity index (χ0) is 21.6. The molecule has 0 bridgehead atoms. The Morgan fingerprint density at radius 3 is 1.94 bits per heavy atom. The normalized spacial score (nSPS) is 11.5. The molecule has 0 unspecified atom stereocenters. The van der Waals surface area contributed by atoms with E-state index in [1.165, 1.54) is 0 Å². The lowest BCUT2D eigenvalue weighted by molar-refractivity contribution is -0.705. The van der Waals surface area contributed by atoms with Gasteiger partial charge in [0.1, 0.15) is 0 Å². The van der Waals surface area contributed by atoms with E-state index in [1.807, 2.05) is 79.7 Å². The maximum Gasteiger partial charge on any atom is 0.293 e. The van der Waals surface area contributed by atoms with Crippen LogP contribution in [0.5, 0.6) is 0 Å². The number of para-hydroxylation sites is 1. The number of carbonyl (C=O) groups excluding carboxylic acids is 2. The fourth-order valence-corrected chi connectivity index (χ4v) is 3.44. The first-order valence-corrected chi connectivity index (χ1v) is 10.2. The number of aromatic nitrogens is 1. The molecule has 3 aromatic carbocycles. The van der Waals surface area contributed by atoms with Crippen LogP contribution in [-0.2, 0) is 4.79 Å². The van der Waals surface area contributed by atoms with E-state index in [1.54, 1.807) is 41.2 Å². The number of nitrogens with zero attached hydrogens (tertiary/aromatic N) is 1. The molecule has 0 aliphatic carbocycles. The zero-order valence-corrected chi connectivity index (χ0v) is 17.2. The fourth-order valence-electron chi connectivity index (χ4n) is 3.44. The van der Waals surface area contributed by atoms with Gasteiger partial charge in [-0.2, -0.15) is 4.57 Å². The number of anilines is 1. The van der Waals surface area contributed by atoms with Crippen molar-refractivity contribution in [3.05, 3.63) is 121 Å². The second kappa shape index (κ2) is 9.18. The predicted octanol–water partition coefficient (Wildman–Crippen LogP) is 5.07. The van der Waals surface area contributed by atoms with Crippen LogP contribution in [0.3, 0.4) is 0 Å². The molecule has 4 rings (SSSR count). The van der Waals surface area contributed by atoms with Crippen LogP contribution >= 0.6 is 0 Å². The van der Waals surface area contributed by atoms with E-state index in [0.717, 1.165) is 16.8 Å². The molecule has 0 saturated carbocycles. The quantitative estimate of drug-likeness (QED) is 0.358. The van der Waals surface area contributed by atoms with Gasteiger partial charge >= 0.3 is 0 Å². The average Bonchev–Trinajstić information content (AvgIpc) is 2.84. The van der Waals surface area contributed by atoms with E-state index in [-0.39, 0.29) is 11.7 Å². The van der Waals surface area contributed by atoms with E-state index >= 15 is 0 Å². The molecule has 0 aliphatic heterocycles. The Kier molecular flexibility index (Phi) is 5.99. The highest BCUT2D eigenvalue weighted by atomic mass is 16.2. The molecule has 4 heteroatoms. The third-order valence-electron chi connectivity index (χ3n) is 5.25. The van der Waals surface area contributed by atoms with E-state index < -0.39 is 6.04 Å². The SMILES string of the molecule is C[C@H](C(=O)Nc1ccccc1-c1ccccc1)[n+]1ccc(C(=O)c2ccccc2)cc1. The smallest absolute Gasteiger partial charge is 0.293 e. The number of benzene rings is 3. The van der Waals surface area contributed by atoms with Crippen LogP contribution in [0.4, 0.5) is 5.69 Å². The Bertz CT molecular complexity index is 1190. The van der Waals surface area contributed by atoms with Crippen LogP contribution in [0.2, 0.25) is 0 Å². The van der Waals surface area contributed by atoms with Gasteiger partial charge in [0.05, 0.1) is 0 Å². The Balaban J connectivity index is 1.50.